The van der Waals surface area contributed by atoms with E-state index in [1.165, 1.54) is 19.3 Å². The largest absolute Gasteiger partial charge is 0.399 e. The van der Waals surface area contributed by atoms with Crippen molar-refractivity contribution in [2.75, 3.05) is 29.0 Å². The van der Waals surface area contributed by atoms with Crippen molar-refractivity contribution in [1.29, 1.82) is 0 Å². The van der Waals surface area contributed by atoms with Gasteiger partial charge in [-0.1, -0.05) is 60.7 Å². The summed E-state index contributed by atoms with van der Waals surface area (Å²) < 4.78 is 0. The standard InChI is InChI=1S/C25H27N3O/c26-21-14-15-23(28-16-8-3-9-17-28)22(18-21)27-25(29)24(19-10-4-1-5-11-19)20-12-6-2-7-13-20/h1-2,4-7,10-15,18,24H,3,8-9,16-17,26H2,(H,27,29). The average Bonchev–Trinajstić information content (AvgIpc) is 2.76. The Labute approximate surface area is 172 Å². The molecule has 0 atom stereocenters. The van der Waals surface area contributed by atoms with E-state index in [1.807, 2.05) is 78.9 Å². The summed E-state index contributed by atoms with van der Waals surface area (Å²) in [5.74, 6) is -0.431. The lowest BCUT2D eigenvalue weighted by atomic mass is 9.90. The average molecular weight is 386 g/mol. The van der Waals surface area contributed by atoms with Crippen molar-refractivity contribution in [2.45, 2.75) is 25.2 Å². The monoisotopic (exact) mass is 385 g/mol. The Morgan fingerprint density at radius 1 is 0.828 bits per heavy atom. The Morgan fingerprint density at radius 2 is 1.41 bits per heavy atom. The molecule has 3 N–H and O–H groups in total. The smallest absolute Gasteiger partial charge is 0.236 e. The Hall–Kier alpha value is -3.27. The lowest BCUT2D eigenvalue weighted by molar-refractivity contribution is -0.116. The number of nitrogens with two attached hydrogens (primary N) is 1. The minimum Gasteiger partial charge on any atom is -0.399 e. The number of piperidine rings is 1. The van der Waals surface area contributed by atoms with Crippen LogP contribution in [0.25, 0.3) is 0 Å². The summed E-state index contributed by atoms with van der Waals surface area (Å²) in [5.41, 5.74) is 10.5. The van der Waals surface area contributed by atoms with Crippen LogP contribution in [0.3, 0.4) is 0 Å². The maximum absolute atomic E-state index is 13.5. The molecule has 1 amide bonds. The van der Waals surface area contributed by atoms with Gasteiger partial charge in [0.1, 0.15) is 0 Å². The van der Waals surface area contributed by atoms with Crippen LogP contribution >= 0.6 is 0 Å². The van der Waals surface area contributed by atoms with Crippen LogP contribution in [-0.4, -0.2) is 19.0 Å². The molecule has 3 aromatic rings. The summed E-state index contributed by atoms with van der Waals surface area (Å²) in [6.45, 7) is 2.02. The number of benzene rings is 3. The molecule has 1 aliphatic heterocycles. The van der Waals surface area contributed by atoms with Gasteiger partial charge < -0.3 is 16.0 Å². The predicted octanol–water partition coefficient (Wildman–Crippen LogP) is 5.03. The summed E-state index contributed by atoms with van der Waals surface area (Å²) in [4.78, 5) is 15.8. The van der Waals surface area contributed by atoms with Gasteiger partial charge in [0.25, 0.3) is 0 Å². The minimum absolute atomic E-state index is 0.0498. The SMILES string of the molecule is Nc1ccc(N2CCCCC2)c(NC(=O)C(c2ccccc2)c2ccccc2)c1. The molecule has 0 bridgehead atoms. The van der Waals surface area contributed by atoms with Crippen LogP contribution < -0.4 is 16.0 Å². The topological polar surface area (TPSA) is 58.4 Å². The van der Waals surface area contributed by atoms with Gasteiger partial charge >= 0.3 is 0 Å². The first-order chi connectivity index (χ1) is 14.2. The van der Waals surface area contributed by atoms with E-state index < -0.39 is 0 Å². The molecule has 0 spiro atoms. The summed E-state index contributed by atoms with van der Waals surface area (Å²) in [7, 11) is 0. The Balaban J connectivity index is 1.67. The third-order valence-corrected chi connectivity index (χ3v) is 5.50. The zero-order chi connectivity index (χ0) is 20.1. The van der Waals surface area contributed by atoms with E-state index in [1.54, 1.807) is 0 Å². The number of nitrogen functional groups attached to an aromatic ring is 1. The number of nitrogens with one attached hydrogen (secondary N) is 1. The maximum Gasteiger partial charge on any atom is 0.236 e. The van der Waals surface area contributed by atoms with Crippen molar-refractivity contribution in [2.24, 2.45) is 0 Å². The van der Waals surface area contributed by atoms with Crippen molar-refractivity contribution in [3.63, 3.8) is 0 Å². The molecule has 3 aromatic carbocycles. The van der Waals surface area contributed by atoms with E-state index >= 15 is 0 Å². The van der Waals surface area contributed by atoms with Crippen LogP contribution in [0.1, 0.15) is 36.3 Å². The van der Waals surface area contributed by atoms with Gasteiger partial charge in [-0.25, -0.2) is 0 Å². The van der Waals surface area contributed by atoms with E-state index in [0.717, 1.165) is 35.6 Å². The van der Waals surface area contributed by atoms with Gasteiger partial charge in [-0.2, -0.15) is 0 Å². The van der Waals surface area contributed by atoms with Gasteiger partial charge in [0.15, 0.2) is 0 Å². The van der Waals surface area contributed by atoms with Crippen LogP contribution in [0, 0.1) is 0 Å². The fourth-order valence-corrected chi connectivity index (χ4v) is 4.06. The second-order valence-electron chi connectivity index (χ2n) is 7.57. The van der Waals surface area contributed by atoms with Gasteiger partial charge in [0.2, 0.25) is 5.91 Å². The van der Waals surface area contributed by atoms with Gasteiger partial charge in [-0.15, -0.1) is 0 Å². The molecule has 1 aliphatic rings. The quantitative estimate of drug-likeness (QED) is 0.606. The van der Waals surface area contributed by atoms with Crippen molar-refractivity contribution in [1.82, 2.24) is 0 Å². The molecule has 1 heterocycles. The summed E-state index contributed by atoms with van der Waals surface area (Å²) >= 11 is 0. The minimum atomic E-state index is -0.381. The molecule has 0 unspecified atom stereocenters. The van der Waals surface area contributed by atoms with Crippen LogP contribution in [0.2, 0.25) is 0 Å². The lowest BCUT2D eigenvalue weighted by Crippen LogP contribution is -2.31. The molecule has 0 aliphatic carbocycles. The molecule has 4 rings (SSSR count). The predicted molar refractivity (Wildman–Crippen MR) is 120 cm³/mol. The van der Waals surface area contributed by atoms with Crippen molar-refractivity contribution in [3.05, 3.63) is 90.0 Å². The fourth-order valence-electron chi connectivity index (χ4n) is 4.06. The van der Waals surface area contributed by atoms with E-state index in [0.29, 0.717) is 5.69 Å². The Kier molecular flexibility index (Phi) is 5.80. The fraction of sp³-hybridized carbons (Fsp3) is 0.240. The second-order valence-corrected chi connectivity index (χ2v) is 7.57. The molecule has 0 aromatic heterocycles. The maximum atomic E-state index is 13.5. The number of hydrogen-bond acceptors (Lipinski definition) is 3. The van der Waals surface area contributed by atoms with E-state index in [2.05, 4.69) is 10.2 Å². The van der Waals surface area contributed by atoms with Crippen LogP contribution in [0.15, 0.2) is 78.9 Å². The summed E-state index contributed by atoms with van der Waals surface area (Å²) in [6.07, 6.45) is 3.61. The second kappa shape index (κ2) is 8.82. The van der Waals surface area contributed by atoms with Crippen LogP contribution in [-0.2, 0) is 4.79 Å². The number of carbonyl (C=O) groups excluding carboxylic acids is 1. The normalized spacial score (nSPS) is 14.0. The molecular formula is C25H27N3O. The highest BCUT2D eigenvalue weighted by Gasteiger charge is 2.24. The Bertz CT molecular complexity index is 911. The van der Waals surface area contributed by atoms with Gasteiger partial charge in [-0.05, 0) is 48.6 Å². The third kappa shape index (κ3) is 4.43. The van der Waals surface area contributed by atoms with Gasteiger partial charge in [-0.3, -0.25) is 4.79 Å². The first kappa shape index (κ1) is 19.1. The van der Waals surface area contributed by atoms with Gasteiger partial charge in [0.05, 0.1) is 17.3 Å². The third-order valence-electron chi connectivity index (χ3n) is 5.50. The number of nitrogens with zero attached hydrogens (tertiary/aromatic N) is 1. The highest BCUT2D eigenvalue weighted by molar-refractivity contribution is 6.01. The van der Waals surface area contributed by atoms with Gasteiger partial charge in [0, 0.05) is 18.8 Å². The molecular weight excluding hydrogens is 358 g/mol. The van der Waals surface area contributed by atoms with Crippen molar-refractivity contribution < 1.29 is 4.79 Å². The number of amides is 1. The summed E-state index contributed by atoms with van der Waals surface area (Å²) in [6, 6.07) is 25.6. The van der Waals surface area contributed by atoms with Crippen molar-refractivity contribution in [3.8, 4) is 0 Å². The van der Waals surface area contributed by atoms with E-state index in [9.17, 15) is 4.79 Å². The molecule has 1 fully saturated rings. The van der Waals surface area contributed by atoms with Crippen LogP contribution in [0.4, 0.5) is 17.1 Å². The molecule has 0 radical (unpaired) electrons. The zero-order valence-corrected chi connectivity index (χ0v) is 16.6. The molecule has 4 nitrogen and oxygen atoms in total. The number of rotatable bonds is 5. The molecule has 29 heavy (non-hydrogen) atoms. The van der Waals surface area contributed by atoms with Crippen LogP contribution in [0.5, 0.6) is 0 Å². The molecule has 0 saturated carbocycles. The first-order valence-electron chi connectivity index (χ1n) is 10.3. The molecule has 1 saturated heterocycles. The highest BCUT2D eigenvalue weighted by Crippen LogP contribution is 2.33. The summed E-state index contributed by atoms with van der Waals surface area (Å²) in [5, 5.41) is 3.19. The first-order valence-corrected chi connectivity index (χ1v) is 10.3. The number of anilines is 3. The molecule has 4 heteroatoms. The van der Waals surface area contributed by atoms with E-state index in [-0.39, 0.29) is 11.8 Å². The number of hydrogen-bond donors (Lipinski definition) is 2. The van der Waals surface area contributed by atoms with E-state index in [4.69, 9.17) is 5.73 Å². The Morgan fingerprint density at radius 3 is 2.00 bits per heavy atom. The highest BCUT2D eigenvalue weighted by atomic mass is 16.1. The lowest BCUT2D eigenvalue weighted by Gasteiger charge is -2.31. The zero-order valence-electron chi connectivity index (χ0n) is 16.6. The molecule has 148 valence electrons. The van der Waals surface area contributed by atoms with Crippen molar-refractivity contribution >= 4 is 23.0 Å². The number of carbonyl (C=O) groups is 1.